The van der Waals surface area contributed by atoms with Gasteiger partial charge in [0, 0.05) is 14.1 Å². The zero-order chi connectivity index (χ0) is 17.9. The van der Waals surface area contributed by atoms with Crippen LogP contribution in [0.25, 0.3) is 0 Å². The van der Waals surface area contributed by atoms with Crippen LogP contribution in [0.2, 0.25) is 0 Å². The summed E-state index contributed by atoms with van der Waals surface area (Å²) in [7, 11) is 4.69. The summed E-state index contributed by atoms with van der Waals surface area (Å²) in [5.41, 5.74) is -0.168. The van der Waals surface area contributed by atoms with Crippen molar-refractivity contribution in [1.82, 2.24) is 0 Å². The molecule has 126 valence electrons. The highest BCUT2D eigenvalue weighted by Gasteiger charge is 2.21. The molecule has 0 aromatic heterocycles. The van der Waals surface area contributed by atoms with Crippen molar-refractivity contribution in [3.05, 3.63) is 57.9 Å². The predicted octanol–water partition coefficient (Wildman–Crippen LogP) is 3.03. The number of nitrogens with zero attached hydrogens (tertiary/aromatic N) is 2. The summed E-state index contributed by atoms with van der Waals surface area (Å²) >= 11 is 0. The lowest BCUT2D eigenvalue weighted by atomic mass is 10.2. The van der Waals surface area contributed by atoms with E-state index in [1.165, 1.54) is 31.4 Å². The first kappa shape index (κ1) is 17.2. The van der Waals surface area contributed by atoms with Gasteiger partial charge in [-0.25, -0.2) is 9.18 Å². The monoisotopic (exact) mass is 334 g/mol. The summed E-state index contributed by atoms with van der Waals surface area (Å²) in [6.07, 6.45) is 0. The van der Waals surface area contributed by atoms with Gasteiger partial charge in [0.1, 0.15) is 11.6 Å². The minimum atomic E-state index is -0.896. The first-order valence-corrected chi connectivity index (χ1v) is 6.85. The largest absolute Gasteiger partial charge is 0.496 e. The van der Waals surface area contributed by atoms with Crippen molar-refractivity contribution >= 4 is 17.3 Å². The normalized spacial score (nSPS) is 10.2. The molecule has 0 aliphatic rings. The van der Waals surface area contributed by atoms with E-state index in [-0.39, 0.29) is 17.1 Å². The Bertz CT molecular complexity index is 792. The Labute approximate surface area is 137 Å². The van der Waals surface area contributed by atoms with Crippen molar-refractivity contribution in [3.63, 3.8) is 0 Å². The Balaban J connectivity index is 2.30. The molecule has 2 aromatic carbocycles. The van der Waals surface area contributed by atoms with E-state index in [4.69, 9.17) is 9.47 Å². The second kappa shape index (κ2) is 6.95. The summed E-state index contributed by atoms with van der Waals surface area (Å²) in [6, 6.07) is 7.64. The SMILES string of the molecule is COc1ccc(OC(=O)c2ccc(N(C)C)c(F)c2)c([N+](=O)[O-])c1. The van der Waals surface area contributed by atoms with E-state index >= 15 is 0 Å². The molecule has 0 spiro atoms. The number of carbonyl (C=O) groups excluding carboxylic acids is 1. The second-order valence-corrected chi connectivity index (χ2v) is 5.04. The number of hydrogen-bond acceptors (Lipinski definition) is 6. The highest BCUT2D eigenvalue weighted by molar-refractivity contribution is 5.92. The van der Waals surface area contributed by atoms with Crippen LogP contribution in [-0.4, -0.2) is 32.1 Å². The van der Waals surface area contributed by atoms with Crippen LogP contribution in [0.3, 0.4) is 0 Å². The summed E-state index contributed by atoms with van der Waals surface area (Å²) < 4.78 is 23.9. The van der Waals surface area contributed by atoms with Gasteiger partial charge in [-0.2, -0.15) is 0 Å². The zero-order valence-corrected chi connectivity index (χ0v) is 13.3. The van der Waals surface area contributed by atoms with Crippen molar-refractivity contribution in [3.8, 4) is 11.5 Å². The fourth-order valence-electron chi connectivity index (χ4n) is 2.01. The van der Waals surface area contributed by atoms with Gasteiger partial charge in [0.25, 0.3) is 0 Å². The smallest absolute Gasteiger partial charge is 0.343 e. The minimum absolute atomic E-state index is 0.0526. The quantitative estimate of drug-likeness (QED) is 0.362. The van der Waals surface area contributed by atoms with E-state index < -0.39 is 22.4 Å². The Morgan fingerprint density at radius 1 is 1.21 bits per heavy atom. The third kappa shape index (κ3) is 3.60. The van der Waals surface area contributed by atoms with Gasteiger partial charge in [-0.15, -0.1) is 0 Å². The van der Waals surface area contributed by atoms with Crippen LogP contribution in [0.15, 0.2) is 36.4 Å². The molecule has 0 saturated heterocycles. The van der Waals surface area contributed by atoms with Gasteiger partial charge < -0.3 is 14.4 Å². The number of nitro groups is 1. The molecule has 0 bridgehead atoms. The molecule has 7 nitrogen and oxygen atoms in total. The molecule has 0 N–H and O–H groups in total. The lowest BCUT2D eigenvalue weighted by molar-refractivity contribution is -0.385. The van der Waals surface area contributed by atoms with Crippen molar-refractivity contribution in [1.29, 1.82) is 0 Å². The summed E-state index contributed by atoms with van der Waals surface area (Å²) in [4.78, 5) is 24.1. The number of benzene rings is 2. The predicted molar refractivity (Wildman–Crippen MR) is 85.3 cm³/mol. The molecule has 0 fully saturated rings. The molecule has 0 saturated carbocycles. The van der Waals surface area contributed by atoms with Crippen molar-refractivity contribution < 1.29 is 23.6 Å². The van der Waals surface area contributed by atoms with Gasteiger partial charge in [-0.1, -0.05) is 0 Å². The van der Waals surface area contributed by atoms with Crippen LogP contribution in [0, 0.1) is 15.9 Å². The number of anilines is 1. The van der Waals surface area contributed by atoms with E-state index in [9.17, 15) is 19.3 Å². The molecule has 0 amide bonds. The van der Waals surface area contributed by atoms with Crippen molar-refractivity contribution in [2.75, 3.05) is 26.1 Å². The van der Waals surface area contributed by atoms with E-state index in [1.807, 2.05) is 0 Å². The molecule has 0 atom stereocenters. The van der Waals surface area contributed by atoms with Crippen molar-refractivity contribution in [2.24, 2.45) is 0 Å². The van der Waals surface area contributed by atoms with E-state index in [2.05, 4.69) is 0 Å². The first-order chi connectivity index (χ1) is 11.3. The average Bonchev–Trinajstić information content (AvgIpc) is 2.54. The molecule has 0 aliphatic carbocycles. The Morgan fingerprint density at radius 3 is 2.46 bits per heavy atom. The fourth-order valence-corrected chi connectivity index (χ4v) is 2.01. The van der Waals surface area contributed by atoms with Gasteiger partial charge in [-0.05, 0) is 30.3 Å². The Hall–Kier alpha value is -3.16. The molecule has 24 heavy (non-hydrogen) atoms. The van der Waals surface area contributed by atoms with Crippen LogP contribution in [0.1, 0.15) is 10.4 Å². The molecule has 0 unspecified atom stereocenters. The maximum Gasteiger partial charge on any atom is 0.343 e. The number of rotatable bonds is 5. The number of esters is 1. The van der Waals surface area contributed by atoms with E-state index in [0.29, 0.717) is 5.69 Å². The third-order valence-corrected chi connectivity index (χ3v) is 3.23. The van der Waals surface area contributed by atoms with Gasteiger partial charge in [-0.3, -0.25) is 10.1 Å². The lowest BCUT2D eigenvalue weighted by Crippen LogP contribution is -2.13. The third-order valence-electron chi connectivity index (χ3n) is 3.23. The summed E-state index contributed by atoms with van der Waals surface area (Å²) in [5.74, 6) is -1.49. The van der Waals surface area contributed by atoms with Crippen LogP contribution < -0.4 is 14.4 Å². The number of methoxy groups -OCH3 is 1. The number of hydrogen-bond donors (Lipinski definition) is 0. The molecular formula is C16H15FN2O5. The maximum atomic E-state index is 13.9. The number of nitro benzene ring substituents is 1. The van der Waals surface area contributed by atoms with Gasteiger partial charge in [0.2, 0.25) is 5.75 Å². The van der Waals surface area contributed by atoms with Crippen molar-refractivity contribution in [2.45, 2.75) is 0 Å². The summed E-state index contributed by atoms with van der Waals surface area (Å²) in [6.45, 7) is 0. The van der Waals surface area contributed by atoms with Crippen LogP contribution in [0.5, 0.6) is 11.5 Å². The molecule has 0 aliphatic heterocycles. The molecule has 8 heteroatoms. The lowest BCUT2D eigenvalue weighted by Gasteiger charge is -2.14. The van der Waals surface area contributed by atoms with Crippen LogP contribution in [0.4, 0.5) is 15.8 Å². The Kier molecular flexibility index (Phi) is 4.98. The Morgan fingerprint density at radius 2 is 1.92 bits per heavy atom. The fraction of sp³-hybridized carbons (Fsp3) is 0.188. The number of ether oxygens (including phenoxy) is 2. The minimum Gasteiger partial charge on any atom is -0.496 e. The summed E-state index contributed by atoms with van der Waals surface area (Å²) in [5, 5.41) is 11.1. The topological polar surface area (TPSA) is 81.9 Å². The number of carbonyl (C=O) groups is 1. The van der Waals surface area contributed by atoms with Crippen LogP contribution in [-0.2, 0) is 0 Å². The standard InChI is InChI=1S/C16H15FN2O5/c1-18(2)13-6-4-10(8-12(13)17)16(20)24-15-7-5-11(23-3)9-14(15)19(21)22/h4-9H,1-3H3. The number of halogens is 1. The molecule has 2 rings (SSSR count). The first-order valence-electron chi connectivity index (χ1n) is 6.85. The highest BCUT2D eigenvalue weighted by atomic mass is 19.1. The highest BCUT2D eigenvalue weighted by Crippen LogP contribution is 2.31. The van der Waals surface area contributed by atoms with Crippen LogP contribution >= 0.6 is 0 Å². The molecular weight excluding hydrogens is 319 g/mol. The van der Waals surface area contributed by atoms with Gasteiger partial charge in [0.05, 0.1) is 29.4 Å². The average molecular weight is 334 g/mol. The van der Waals surface area contributed by atoms with Gasteiger partial charge in [0.15, 0.2) is 0 Å². The molecule has 0 radical (unpaired) electrons. The second-order valence-electron chi connectivity index (χ2n) is 5.04. The molecule has 0 heterocycles. The van der Waals surface area contributed by atoms with Gasteiger partial charge >= 0.3 is 11.7 Å². The van der Waals surface area contributed by atoms with E-state index in [0.717, 1.165) is 12.1 Å². The van der Waals surface area contributed by atoms with E-state index in [1.54, 1.807) is 19.0 Å². The maximum absolute atomic E-state index is 13.9. The molecule has 2 aromatic rings. The zero-order valence-electron chi connectivity index (χ0n) is 13.3.